The molecule has 0 radical (unpaired) electrons. The fraction of sp³-hybridized carbons (Fsp3) is 0.333. The van der Waals surface area contributed by atoms with E-state index in [4.69, 9.17) is 10.5 Å². The number of carbonyl (C=O) groups excluding carboxylic acids is 1. The highest BCUT2D eigenvalue weighted by Gasteiger charge is 2.34. The number of rotatable bonds is 4. The largest absolute Gasteiger partial charge is 0.385 e. The van der Waals surface area contributed by atoms with Gasteiger partial charge in [0.15, 0.2) is 0 Å². The van der Waals surface area contributed by atoms with Gasteiger partial charge in [-0.25, -0.2) is 4.79 Å². The summed E-state index contributed by atoms with van der Waals surface area (Å²) in [7, 11) is 1.60. The molecular formula is C12H14BrN3O2. The van der Waals surface area contributed by atoms with Crippen LogP contribution in [0, 0.1) is 0 Å². The van der Waals surface area contributed by atoms with Gasteiger partial charge in [0, 0.05) is 18.1 Å². The predicted molar refractivity (Wildman–Crippen MR) is 72.5 cm³/mol. The molecule has 1 aromatic carbocycles. The molecule has 1 aliphatic rings. The van der Waals surface area contributed by atoms with Crippen LogP contribution < -0.4 is 5.73 Å². The van der Waals surface area contributed by atoms with Crippen molar-refractivity contribution in [3.63, 3.8) is 0 Å². The average molecular weight is 312 g/mol. The van der Waals surface area contributed by atoms with E-state index in [0.717, 1.165) is 10.0 Å². The molecule has 1 atom stereocenters. The van der Waals surface area contributed by atoms with Gasteiger partial charge in [-0.05, 0) is 17.7 Å². The maximum Gasteiger partial charge on any atom is 0.346 e. The third-order valence-electron chi connectivity index (χ3n) is 2.76. The van der Waals surface area contributed by atoms with E-state index in [-0.39, 0.29) is 12.1 Å². The molecule has 2 N–H and O–H groups in total. The zero-order valence-corrected chi connectivity index (χ0v) is 11.6. The molecule has 0 aromatic heterocycles. The number of urea groups is 1. The molecule has 0 bridgehead atoms. The van der Waals surface area contributed by atoms with Crippen LogP contribution in [-0.2, 0) is 4.74 Å². The van der Waals surface area contributed by atoms with E-state index in [1.807, 2.05) is 24.3 Å². The third kappa shape index (κ3) is 2.54. The Morgan fingerprint density at radius 2 is 2.33 bits per heavy atom. The number of carbonyl (C=O) groups is 1. The normalized spacial score (nSPS) is 19.2. The van der Waals surface area contributed by atoms with Gasteiger partial charge in [-0.2, -0.15) is 4.99 Å². The Morgan fingerprint density at radius 1 is 1.56 bits per heavy atom. The first kappa shape index (κ1) is 13.0. The van der Waals surface area contributed by atoms with E-state index in [1.165, 1.54) is 0 Å². The monoisotopic (exact) mass is 311 g/mol. The lowest BCUT2D eigenvalue weighted by Gasteiger charge is -2.24. The lowest BCUT2D eigenvalue weighted by Crippen LogP contribution is -2.35. The minimum Gasteiger partial charge on any atom is -0.385 e. The zero-order valence-electron chi connectivity index (χ0n) is 9.97. The summed E-state index contributed by atoms with van der Waals surface area (Å²) in [6.07, 6.45) is 0. The minimum atomic E-state index is -0.311. The lowest BCUT2D eigenvalue weighted by molar-refractivity contribution is 0.150. The van der Waals surface area contributed by atoms with Crippen molar-refractivity contribution in [3.8, 4) is 0 Å². The topological polar surface area (TPSA) is 67.9 Å². The van der Waals surface area contributed by atoms with E-state index < -0.39 is 0 Å². The number of methoxy groups -OCH3 is 1. The predicted octanol–water partition coefficient (Wildman–Crippen LogP) is 1.93. The maximum absolute atomic E-state index is 11.8. The van der Waals surface area contributed by atoms with Gasteiger partial charge in [-0.3, -0.25) is 0 Å². The zero-order chi connectivity index (χ0) is 13.1. The molecular weight excluding hydrogens is 298 g/mol. The number of ether oxygens (including phenoxy) is 1. The Labute approximate surface area is 114 Å². The molecule has 1 unspecified atom stereocenters. The molecule has 2 amide bonds. The van der Waals surface area contributed by atoms with Crippen molar-refractivity contribution in [1.29, 1.82) is 0 Å². The minimum absolute atomic E-state index is 0.301. The second kappa shape index (κ2) is 5.49. The fourth-order valence-electron chi connectivity index (χ4n) is 1.95. The number of halogens is 1. The van der Waals surface area contributed by atoms with Crippen LogP contribution in [0.5, 0.6) is 0 Å². The number of nitrogens with zero attached hydrogens (tertiary/aromatic N) is 2. The highest BCUT2D eigenvalue weighted by Crippen LogP contribution is 2.28. The van der Waals surface area contributed by atoms with E-state index >= 15 is 0 Å². The molecule has 1 heterocycles. The number of hydrogen-bond donors (Lipinski definition) is 1. The van der Waals surface area contributed by atoms with Crippen LogP contribution in [-0.4, -0.2) is 37.0 Å². The van der Waals surface area contributed by atoms with Gasteiger partial charge in [0.1, 0.15) is 11.9 Å². The third-order valence-corrected chi connectivity index (χ3v) is 3.26. The summed E-state index contributed by atoms with van der Waals surface area (Å²) in [5.74, 6) is 0.328. The summed E-state index contributed by atoms with van der Waals surface area (Å²) in [5, 5.41) is 0. The first-order valence-corrected chi connectivity index (χ1v) is 6.32. The van der Waals surface area contributed by atoms with Crippen LogP contribution in [0.1, 0.15) is 11.6 Å². The number of amidine groups is 1. The highest BCUT2D eigenvalue weighted by molar-refractivity contribution is 9.10. The summed E-state index contributed by atoms with van der Waals surface area (Å²) in [5.41, 5.74) is 6.78. The first-order chi connectivity index (χ1) is 8.63. The van der Waals surface area contributed by atoms with E-state index in [9.17, 15) is 4.79 Å². The van der Waals surface area contributed by atoms with Crippen molar-refractivity contribution in [1.82, 2.24) is 4.90 Å². The summed E-state index contributed by atoms with van der Waals surface area (Å²) in [6, 6.07) is 7.08. The summed E-state index contributed by atoms with van der Waals surface area (Å²) in [4.78, 5) is 17.2. The van der Waals surface area contributed by atoms with Gasteiger partial charge in [0.2, 0.25) is 0 Å². The van der Waals surface area contributed by atoms with Crippen LogP contribution in [0.2, 0.25) is 0 Å². The average Bonchev–Trinajstić information content (AvgIpc) is 2.61. The van der Waals surface area contributed by atoms with Crippen molar-refractivity contribution < 1.29 is 9.53 Å². The molecule has 0 fully saturated rings. The van der Waals surface area contributed by atoms with Gasteiger partial charge in [-0.1, -0.05) is 28.1 Å². The molecule has 2 rings (SSSR count). The van der Waals surface area contributed by atoms with Crippen LogP contribution in [0.15, 0.2) is 33.7 Å². The van der Waals surface area contributed by atoms with Crippen LogP contribution >= 0.6 is 15.9 Å². The quantitative estimate of drug-likeness (QED) is 0.923. The Morgan fingerprint density at radius 3 is 3.00 bits per heavy atom. The summed E-state index contributed by atoms with van der Waals surface area (Å²) in [6.45, 7) is 0.926. The molecule has 1 aliphatic heterocycles. The van der Waals surface area contributed by atoms with E-state index in [1.54, 1.807) is 12.0 Å². The van der Waals surface area contributed by atoms with Gasteiger partial charge in [0.05, 0.1) is 6.61 Å². The van der Waals surface area contributed by atoms with Gasteiger partial charge in [-0.15, -0.1) is 0 Å². The van der Waals surface area contributed by atoms with Crippen molar-refractivity contribution in [2.24, 2.45) is 10.7 Å². The second-order valence-corrected chi connectivity index (χ2v) is 4.88. The molecule has 6 heteroatoms. The molecule has 0 aliphatic carbocycles. The van der Waals surface area contributed by atoms with Crippen LogP contribution in [0.4, 0.5) is 4.79 Å². The Kier molecular flexibility index (Phi) is 3.98. The van der Waals surface area contributed by atoms with Gasteiger partial charge < -0.3 is 15.4 Å². The second-order valence-electron chi connectivity index (χ2n) is 3.96. The Bertz CT molecular complexity index is 490. The molecule has 0 spiro atoms. The van der Waals surface area contributed by atoms with Crippen molar-refractivity contribution >= 4 is 27.8 Å². The van der Waals surface area contributed by atoms with Crippen molar-refractivity contribution in [2.45, 2.75) is 6.04 Å². The lowest BCUT2D eigenvalue weighted by atomic mass is 10.1. The summed E-state index contributed by atoms with van der Waals surface area (Å²) < 4.78 is 5.94. The maximum atomic E-state index is 11.8. The van der Waals surface area contributed by atoms with Crippen LogP contribution in [0.3, 0.4) is 0 Å². The molecule has 96 valence electrons. The van der Waals surface area contributed by atoms with Gasteiger partial charge >= 0.3 is 6.03 Å². The summed E-state index contributed by atoms with van der Waals surface area (Å²) >= 11 is 3.41. The van der Waals surface area contributed by atoms with Crippen molar-refractivity contribution in [2.75, 3.05) is 20.3 Å². The standard InChI is InChI=1S/C12H14BrN3O2/c1-18-6-5-16-10(11(14)15-12(16)17)8-3-2-4-9(13)7-8/h2-4,7,10H,5-6H2,1H3,(H2,14,15,17). The van der Waals surface area contributed by atoms with E-state index in [0.29, 0.717) is 19.0 Å². The molecule has 0 saturated carbocycles. The number of nitrogens with two attached hydrogens (primary N) is 1. The highest BCUT2D eigenvalue weighted by atomic mass is 79.9. The Balaban J connectivity index is 2.28. The molecule has 18 heavy (non-hydrogen) atoms. The molecule has 1 aromatic rings. The number of benzene rings is 1. The number of amides is 2. The Hall–Kier alpha value is -1.40. The molecule has 0 saturated heterocycles. The van der Waals surface area contributed by atoms with Gasteiger partial charge in [0.25, 0.3) is 0 Å². The van der Waals surface area contributed by atoms with Crippen LogP contribution in [0.25, 0.3) is 0 Å². The fourth-order valence-corrected chi connectivity index (χ4v) is 2.36. The smallest absolute Gasteiger partial charge is 0.346 e. The van der Waals surface area contributed by atoms with Crippen molar-refractivity contribution in [3.05, 3.63) is 34.3 Å². The number of aliphatic imine (C=N–C) groups is 1. The molecule has 5 nitrogen and oxygen atoms in total. The first-order valence-electron chi connectivity index (χ1n) is 5.52. The van der Waals surface area contributed by atoms with E-state index in [2.05, 4.69) is 20.9 Å². The number of hydrogen-bond acceptors (Lipinski definition) is 3. The SMILES string of the molecule is COCCN1C(=O)N=C(N)C1c1cccc(Br)c1.